The van der Waals surface area contributed by atoms with Gasteiger partial charge in [-0.25, -0.2) is 0 Å². The Balaban J connectivity index is -0.00000000267. The van der Waals surface area contributed by atoms with E-state index in [0.29, 0.717) is 0 Å². The van der Waals surface area contributed by atoms with Gasteiger partial charge < -0.3 is 14.4 Å². The first kappa shape index (κ1) is 38.9. The second-order valence-corrected chi connectivity index (χ2v) is 0. The van der Waals surface area contributed by atoms with Crippen molar-refractivity contribution in [3.05, 3.63) is 14.4 Å². The summed E-state index contributed by atoms with van der Waals surface area (Å²) in [6.07, 6.45) is 1.69. The quantitative estimate of drug-likeness (QED) is 0.335. The molecule has 0 aliphatic carbocycles. The van der Waals surface area contributed by atoms with E-state index in [-0.39, 0.29) is 48.5 Å². The molecule has 0 N–H and O–H groups in total. The molecule has 0 atom stereocenters. The van der Waals surface area contributed by atoms with Crippen molar-refractivity contribution in [2.75, 3.05) is 6.26 Å². The van der Waals surface area contributed by atoms with Crippen molar-refractivity contribution >= 4 is 21.0 Å². The predicted octanol–water partition coefficient (Wildman–Crippen LogP) is 1.45. The van der Waals surface area contributed by atoms with Crippen LogP contribution >= 0.6 is 12.6 Å². The van der Waals surface area contributed by atoms with Crippen LogP contribution in [0.3, 0.4) is 0 Å². The van der Waals surface area contributed by atoms with Gasteiger partial charge in [-0.3, -0.25) is 0 Å². The third-order valence-electron chi connectivity index (χ3n) is 0. The Labute approximate surface area is 80.7 Å². The summed E-state index contributed by atoms with van der Waals surface area (Å²) < 4.78 is 0. The van der Waals surface area contributed by atoms with Gasteiger partial charge in [-0.1, -0.05) is 0 Å². The van der Waals surface area contributed by atoms with E-state index in [1.165, 1.54) is 0 Å². The Morgan fingerprint density at radius 2 is 1.14 bits per heavy atom. The molecule has 0 aliphatic rings. The van der Waals surface area contributed by atoms with Gasteiger partial charge in [-0.05, 0) is 6.26 Å². The molecule has 0 unspecified atom stereocenters. The molecule has 3 heteroatoms. The SMILES string of the molecule is CS.[B].[CH2-]C.[CH3-].[Y]. The Morgan fingerprint density at radius 1 is 1.14 bits per heavy atom. The van der Waals surface area contributed by atoms with E-state index in [1.807, 2.05) is 0 Å². The minimum atomic E-state index is 0. The van der Waals surface area contributed by atoms with Crippen LogP contribution in [0.4, 0.5) is 0 Å². The van der Waals surface area contributed by atoms with E-state index >= 15 is 0 Å². The molecule has 7 heavy (non-hydrogen) atoms. The van der Waals surface area contributed by atoms with Gasteiger partial charge in [0.25, 0.3) is 0 Å². The zero-order valence-corrected chi connectivity index (χ0v) is 9.04. The maximum atomic E-state index is 3.53. The number of rotatable bonds is 0. The fourth-order valence-electron chi connectivity index (χ4n) is 0. The Kier molecular flexibility index (Phi) is 770. The van der Waals surface area contributed by atoms with Gasteiger partial charge in [0.2, 0.25) is 0 Å². The van der Waals surface area contributed by atoms with Crippen LogP contribution in [0.25, 0.3) is 0 Å². The van der Waals surface area contributed by atoms with Gasteiger partial charge in [-0.15, -0.1) is 0 Å². The predicted molar refractivity (Wildman–Crippen MR) is 38.1 cm³/mol. The standard InChI is InChI=1S/C2H5.CH4S.CH3.B.Y/c2*1-2;;;/h1H2,2H3;2H,1H3;1H3;;/q-1;;-1;;. The van der Waals surface area contributed by atoms with E-state index in [9.17, 15) is 0 Å². The molecule has 0 aromatic carbocycles. The van der Waals surface area contributed by atoms with Crippen LogP contribution in [0, 0.1) is 14.4 Å². The molecule has 42 valence electrons. The molecule has 0 saturated carbocycles. The van der Waals surface area contributed by atoms with Crippen molar-refractivity contribution in [3.8, 4) is 0 Å². The van der Waals surface area contributed by atoms with E-state index in [2.05, 4.69) is 19.6 Å². The molecular formula is C4H12BSY-2. The summed E-state index contributed by atoms with van der Waals surface area (Å²) in [6, 6.07) is 0. The molecule has 0 aromatic rings. The van der Waals surface area contributed by atoms with Crippen molar-refractivity contribution in [2.45, 2.75) is 6.92 Å². The molecule has 0 aromatic heterocycles. The summed E-state index contributed by atoms with van der Waals surface area (Å²) in [5.41, 5.74) is 0. The van der Waals surface area contributed by atoms with Gasteiger partial charge in [0.05, 0.1) is 0 Å². The second-order valence-electron chi connectivity index (χ2n) is 0. The molecule has 0 bridgehead atoms. The summed E-state index contributed by atoms with van der Waals surface area (Å²) in [7, 11) is 0. The van der Waals surface area contributed by atoms with Gasteiger partial charge in [0, 0.05) is 41.1 Å². The van der Waals surface area contributed by atoms with Crippen molar-refractivity contribution in [1.82, 2.24) is 0 Å². The van der Waals surface area contributed by atoms with Crippen LogP contribution in [-0.4, -0.2) is 14.7 Å². The van der Waals surface area contributed by atoms with Gasteiger partial charge in [0.1, 0.15) is 0 Å². The molecule has 0 amide bonds. The number of hydrogen-bond donors (Lipinski definition) is 1. The van der Waals surface area contributed by atoms with Gasteiger partial charge in [0.15, 0.2) is 0 Å². The van der Waals surface area contributed by atoms with Crippen LogP contribution in [0.2, 0.25) is 0 Å². The summed E-state index contributed by atoms with van der Waals surface area (Å²) in [6.45, 7) is 5.00. The molecule has 0 heterocycles. The third kappa shape index (κ3) is 99.3. The van der Waals surface area contributed by atoms with Crippen LogP contribution in [0.15, 0.2) is 0 Å². The fourth-order valence-corrected chi connectivity index (χ4v) is 0. The van der Waals surface area contributed by atoms with E-state index in [1.54, 1.807) is 13.2 Å². The molecule has 0 fully saturated rings. The van der Waals surface area contributed by atoms with Crippen molar-refractivity contribution in [1.29, 1.82) is 0 Å². The zero-order chi connectivity index (χ0) is 4.00. The minimum Gasteiger partial charge on any atom is -0.358 e. The van der Waals surface area contributed by atoms with Crippen LogP contribution in [0.1, 0.15) is 6.92 Å². The Morgan fingerprint density at radius 3 is 1.14 bits per heavy atom. The number of hydrogen-bond acceptors (Lipinski definition) is 1. The zero-order valence-electron chi connectivity index (χ0n) is 5.31. The Bertz CT molecular complexity index is 11.7. The van der Waals surface area contributed by atoms with Crippen molar-refractivity contribution in [2.24, 2.45) is 0 Å². The molecule has 0 nitrogen and oxygen atoms in total. The third-order valence-corrected chi connectivity index (χ3v) is 0. The average molecular weight is 192 g/mol. The van der Waals surface area contributed by atoms with Crippen LogP contribution < -0.4 is 0 Å². The minimum absolute atomic E-state index is 0. The number of thiol groups is 1. The monoisotopic (exact) mass is 192 g/mol. The van der Waals surface area contributed by atoms with Crippen molar-refractivity contribution < 1.29 is 32.7 Å². The summed E-state index contributed by atoms with van der Waals surface area (Å²) in [4.78, 5) is 0. The van der Waals surface area contributed by atoms with Gasteiger partial charge >= 0.3 is 0 Å². The molecule has 0 rings (SSSR count). The smallest absolute Gasteiger partial charge is 0 e. The van der Waals surface area contributed by atoms with Crippen molar-refractivity contribution in [3.63, 3.8) is 0 Å². The molecule has 0 spiro atoms. The summed E-state index contributed by atoms with van der Waals surface area (Å²) >= 11 is 3.53. The van der Waals surface area contributed by atoms with Gasteiger partial charge in [-0.2, -0.15) is 19.6 Å². The Hall–Kier alpha value is 1.52. The maximum Gasteiger partial charge on any atom is 0 e. The van der Waals surface area contributed by atoms with E-state index < -0.39 is 0 Å². The summed E-state index contributed by atoms with van der Waals surface area (Å²) in [5, 5.41) is 0. The normalized spacial score (nSPS) is 1.71. The average Bonchev–Trinajstić information content (AvgIpc) is 1.50. The first-order valence-corrected chi connectivity index (χ1v) is 2.05. The van der Waals surface area contributed by atoms with Crippen LogP contribution in [0.5, 0.6) is 0 Å². The van der Waals surface area contributed by atoms with Crippen LogP contribution in [-0.2, 0) is 32.7 Å². The first-order chi connectivity index (χ1) is 2.00. The second kappa shape index (κ2) is 139. The van der Waals surface area contributed by atoms with E-state index in [4.69, 9.17) is 0 Å². The molecular weight excluding hydrogens is 180 g/mol. The van der Waals surface area contributed by atoms with E-state index in [0.717, 1.165) is 0 Å². The first-order valence-electron chi connectivity index (χ1n) is 1.15. The largest absolute Gasteiger partial charge is 0.358 e. The summed E-state index contributed by atoms with van der Waals surface area (Å²) in [5.74, 6) is 0. The maximum absolute atomic E-state index is 3.53. The molecule has 4 radical (unpaired) electrons. The topological polar surface area (TPSA) is 0 Å². The fraction of sp³-hybridized carbons (Fsp3) is 0.500. The molecule has 0 saturated heterocycles. The molecule has 0 aliphatic heterocycles.